The van der Waals surface area contributed by atoms with Crippen LogP contribution in [0.4, 0.5) is 5.69 Å². The fourth-order valence-corrected chi connectivity index (χ4v) is 5.12. The van der Waals surface area contributed by atoms with Crippen molar-refractivity contribution >= 4 is 11.5 Å². The van der Waals surface area contributed by atoms with Crippen LogP contribution in [0.1, 0.15) is 48.9 Å². The molecule has 1 aliphatic carbocycles. The lowest BCUT2D eigenvalue weighted by Crippen LogP contribution is -2.54. The maximum atomic E-state index is 13.6. The molecule has 0 bridgehead atoms. The smallest absolute Gasteiger partial charge is 0.183 e. The van der Waals surface area contributed by atoms with E-state index in [4.69, 9.17) is 0 Å². The highest BCUT2D eigenvalue weighted by Crippen LogP contribution is 2.38. The summed E-state index contributed by atoms with van der Waals surface area (Å²) in [6, 6.07) is 8.47. The van der Waals surface area contributed by atoms with Gasteiger partial charge in [-0.05, 0) is 63.0 Å². The van der Waals surface area contributed by atoms with Crippen molar-refractivity contribution in [3.8, 4) is 0 Å². The van der Waals surface area contributed by atoms with Gasteiger partial charge >= 0.3 is 0 Å². The molecule has 27 heavy (non-hydrogen) atoms. The van der Waals surface area contributed by atoms with E-state index in [-0.39, 0.29) is 5.54 Å². The number of hydrogen-bond acceptors (Lipinski definition) is 5. The topological polar surface area (TPSA) is 47.6 Å². The third kappa shape index (κ3) is 4.05. The summed E-state index contributed by atoms with van der Waals surface area (Å²) in [5.41, 5.74) is 1.88. The predicted molar refractivity (Wildman–Crippen MR) is 111 cm³/mol. The Morgan fingerprint density at radius 3 is 2.19 bits per heavy atom. The Labute approximate surface area is 163 Å². The second kappa shape index (κ2) is 8.72. The Bertz CT molecular complexity index is 608. The molecule has 1 saturated carbocycles. The molecule has 0 amide bonds. The van der Waals surface area contributed by atoms with Crippen LogP contribution in [0.2, 0.25) is 0 Å². The molecule has 148 valence electrons. The van der Waals surface area contributed by atoms with E-state index in [1.807, 2.05) is 0 Å². The van der Waals surface area contributed by atoms with Gasteiger partial charge < -0.3 is 15.5 Å². The molecule has 4 rings (SSSR count). The van der Waals surface area contributed by atoms with Gasteiger partial charge in [-0.2, -0.15) is 0 Å². The summed E-state index contributed by atoms with van der Waals surface area (Å²) in [4.78, 5) is 18.6. The molecule has 3 aliphatic rings. The number of ketones is 1. The van der Waals surface area contributed by atoms with Gasteiger partial charge in [0.2, 0.25) is 0 Å². The first-order chi connectivity index (χ1) is 13.3. The van der Waals surface area contributed by atoms with Gasteiger partial charge in [0.05, 0.1) is 5.54 Å². The number of carbonyl (C=O) groups is 1. The van der Waals surface area contributed by atoms with Crippen LogP contribution >= 0.6 is 0 Å². The summed E-state index contributed by atoms with van der Waals surface area (Å²) < 4.78 is 0. The molecule has 0 aromatic heterocycles. The van der Waals surface area contributed by atoms with Crippen LogP contribution in [0, 0.1) is 0 Å². The van der Waals surface area contributed by atoms with Crippen molar-refractivity contribution in [3.05, 3.63) is 29.8 Å². The van der Waals surface area contributed by atoms with Gasteiger partial charge in [0.1, 0.15) is 0 Å². The second-order valence-electron chi connectivity index (χ2n) is 8.30. The molecule has 5 heteroatoms. The van der Waals surface area contributed by atoms with E-state index < -0.39 is 0 Å². The van der Waals surface area contributed by atoms with Crippen LogP contribution in [0.15, 0.2) is 24.3 Å². The van der Waals surface area contributed by atoms with Crippen molar-refractivity contribution in [2.75, 3.05) is 57.3 Å². The van der Waals surface area contributed by atoms with E-state index in [1.165, 1.54) is 24.9 Å². The monoisotopic (exact) mass is 370 g/mol. The Kier molecular flexibility index (Phi) is 6.11. The standard InChI is InChI=1S/C22H34N4O/c27-21(22(9-1-2-10-22)26-16-4-12-24-14-18-26)19-5-7-20(8-6-19)25-15-3-11-23-13-17-25/h5-8,23-24H,1-4,9-18H2. The van der Waals surface area contributed by atoms with Gasteiger partial charge in [-0.25, -0.2) is 0 Å². The van der Waals surface area contributed by atoms with Gasteiger partial charge in [-0.1, -0.05) is 12.8 Å². The van der Waals surface area contributed by atoms with Crippen molar-refractivity contribution in [3.63, 3.8) is 0 Å². The largest absolute Gasteiger partial charge is 0.370 e. The van der Waals surface area contributed by atoms with E-state index in [1.54, 1.807) is 0 Å². The number of Topliss-reactive ketones (excluding diaryl/α,β-unsaturated/α-hetero) is 1. The molecule has 3 fully saturated rings. The molecule has 0 unspecified atom stereocenters. The van der Waals surface area contributed by atoms with Crippen LogP contribution in [0.5, 0.6) is 0 Å². The lowest BCUT2D eigenvalue weighted by atomic mass is 9.85. The van der Waals surface area contributed by atoms with Crippen molar-refractivity contribution in [1.82, 2.24) is 15.5 Å². The van der Waals surface area contributed by atoms with E-state index in [2.05, 4.69) is 44.7 Å². The molecule has 2 aliphatic heterocycles. The van der Waals surface area contributed by atoms with E-state index in [9.17, 15) is 4.79 Å². The minimum absolute atomic E-state index is 0.264. The summed E-state index contributed by atoms with van der Waals surface area (Å²) in [7, 11) is 0. The van der Waals surface area contributed by atoms with Crippen LogP contribution in [-0.4, -0.2) is 68.6 Å². The summed E-state index contributed by atoms with van der Waals surface area (Å²) in [5.74, 6) is 0.353. The first-order valence-corrected chi connectivity index (χ1v) is 10.9. The van der Waals surface area contributed by atoms with Crippen molar-refractivity contribution < 1.29 is 4.79 Å². The highest BCUT2D eigenvalue weighted by Gasteiger charge is 2.46. The summed E-state index contributed by atoms with van der Waals surface area (Å²) in [6.45, 7) is 8.36. The lowest BCUT2D eigenvalue weighted by molar-refractivity contribution is 0.0571. The number of carbonyl (C=O) groups excluding carboxylic acids is 1. The van der Waals surface area contributed by atoms with Gasteiger partial charge in [0.25, 0.3) is 0 Å². The van der Waals surface area contributed by atoms with Crippen molar-refractivity contribution in [1.29, 1.82) is 0 Å². The molecule has 1 aromatic carbocycles. The Morgan fingerprint density at radius 2 is 1.44 bits per heavy atom. The number of benzene rings is 1. The van der Waals surface area contributed by atoms with Crippen LogP contribution in [0.25, 0.3) is 0 Å². The Morgan fingerprint density at radius 1 is 0.778 bits per heavy atom. The fourth-order valence-electron chi connectivity index (χ4n) is 5.12. The molecule has 2 N–H and O–H groups in total. The molecular formula is C22H34N4O. The zero-order valence-electron chi connectivity index (χ0n) is 16.5. The molecule has 0 spiro atoms. The molecule has 2 saturated heterocycles. The maximum absolute atomic E-state index is 13.6. The average Bonchev–Trinajstić information content (AvgIpc) is 2.91. The van der Waals surface area contributed by atoms with Gasteiger partial charge in [-0.15, -0.1) is 0 Å². The minimum atomic E-state index is -0.264. The molecule has 0 radical (unpaired) electrons. The first kappa shape index (κ1) is 18.9. The number of hydrogen-bond donors (Lipinski definition) is 2. The van der Waals surface area contributed by atoms with E-state index in [0.29, 0.717) is 5.78 Å². The number of anilines is 1. The van der Waals surface area contributed by atoms with Crippen molar-refractivity contribution in [2.45, 2.75) is 44.1 Å². The normalized spacial score (nSPS) is 24.4. The van der Waals surface area contributed by atoms with Crippen LogP contribution in [0.3, 0.4) is 0 Å². The zero-order valence-corrected chi connectivity index (χ0v) is 16.5. The average molecular weight is 371 g/mol. The lowest BCUT2D eigenvalue weighted by Gasteiger charge is -2.39. The minimum Gasteiger partial charge on any atom is -0.370 e. The summed E-state index contributed by atoms with van der Waals surface area (Å²) in [5, 5.41) is 6.94. The second-order valence-corrected chi connectivity index (χ2v) is 8.30. The Balaban J connectivity index is 1.52. The molecule has 5 nitrogen and oxygen atoms in total. The van der Waals surface area contributed by atoms with E-state index >= 15 is 0 Å². The molecule has 1 aromatic rings. The van der Waals surface area contributed by atoms with Gasteiger partial charge in [0.15, 0.2) is 5.78 Å². The fraction of sp³-hybridized carbons (Fsp3) is 0.682. The van der Waals surface area contributed by atoms with Crippen LogP contribution in [-0.2, 0) is 0 Å². The maximum Gasteiger partial charge on any atom is 0.183 e. The number of nitrogens with zero attached hydrogens (tertiary/aromatic N) is 2. The highest BCUT2D eigenvalue weighted by molar-refractivity contribution is 6.03. The highest BCUT2D eigenvalue weighted by atomic mass is 16.1. The van der Waals surface area contributed by atoms with Gasteiger partial charge in [-0.3, -0.25) is 9.69 Å². The summed E-state index contributed by atoms with van der Waals surface area (Å²) >= 11 is 0. The first-order valence-electron chi connectivity index (χ1n) is 10.9. The van der Waals surface area contributed by atoms with Crippen LogP contribution < -0.4 is 15.5 Å². The van der Waals surface area contributed by atoms with Gasteiger partial charge in [0, 0.05) is 50.5 Å². The quantitative estimate of drug-likeness (QED) is 0.797. The molecule has 2 heterocycles. The predicted octanol–water partition coefficient (Wildman–Crippen LogP) is 2.28. The zero-order chi connectivity index (χ0) is 18.5. The third-order valence-electron chi connectivity index (χ3n) is 6.63. The third-order valence-corrected chi connectivity index (χ3v) is 6.63. The van der Waals surface area contributed by atoms with Crippen molar-refractivity contribution in [2.24, 2.45) is 0 Å². The van der Waals surface area contributed by atoms with E-state index in [0.717, 1.165) is 77.2 Å². The molecular weight excluding hydrogens is 336 g/mol. The SMILES string of the molecule is O=C(c1ccc(N2CCCNCC2)cc1)C1(N2CCCNCC2)CCCC1. The number of rotatable bonds is 4. The molecule has 0 atom stereocenters. The number of nitrogens with one attached hydrogen (secondary N) is 2. The summed E-state index contributed by atoms with van der Waals surface area (Å²) in [6.07, 6.45) is 6.70. The Hall–Kier alpha value is -1.43.